The highest BCUT2D eigenvalue weighted by molar-refractivity contribution is 8.13. The number of Topliss-reactive ketones (excluding diaryl/α,β-unsaturated/α-hetero) is 1. The van der Waals surface area contributed by atoms with E-state index in [9.17, 15) is 14.4 Å². The number of carbonyl (C=O) groups is 3. The first-order valence-corrected chi connectivity index (χ1v) is 5.81. The molecule has 15 heavy (non-hydrogen) atoms. The maximum absolute atomic E-state index is 11.7. The number of hydrogen-bond acceptors (Lipinski definition) is 4. The van der Waals surface area contributed by atoms with Gasteiger partial charge in [0, 0.05) is 17.6 Å². The Labute approximate surface area is 93.4 Å². The van der Waals surface area contributed by atoms with Crippen LogP contribution in [-0.4, -0.2) is 34.1 Å². The van der Waals surface area contributed by atoms with Crippen molar-refractivity contribution in [2.45, 2.75) is 27.2 Å². The summed E-state index contributed by atoms with van der Waals surface area (Å²) >= 11 is 1.10. The van der Waals surface area contributed by atoms with Crippen molar-refractivity contribution < 1.29 is 14.4 Å². The van der Waals surface area contributed by atoms with Crippen molar-refractivity contribution in [2.24, 2.45) is 5.41 Å². The second-order valence-corrected chi connectivity index (χ2v) is 5.56. The zero-order valence-corrected chi connectivity index (χ0v) is 10.0. The number of carbonyl (C=O) groups excluding carboxylic acids is 3. The predicted octanol–water partition coefficient (Wildman–Crippen LogP) is 1.69. The molecular weight excluding hydrogens is 214 g/mol. The van der Waals surface area contributed by atoms with Gasteiger partial charge in [0.2, 0.25) is 5.91 Å². The van der Waals surface area contributed by atoms with Gasteiger partial charge in [-0.15, -0.1) is 0 Å². The Hall–Kier alpha value is -0.840. The molecule has 4 nitrogen and oxygen atoms in total. The van der Waals surface area contributed by atoms with Crippen molar-refractivity contribution in [3.8, 4) is 0 Å². The maximum Gasteiger partial charge on any atom is 0.288 e. The lowest BCUT2D eigenvalue weighted by Crippen LogP contribution is -2.44. The summed E-state index contributed by atoms with van der Waals surface area (Å²) in [5.74, 6) is 0.195. The maximum atomic E-state index is 11.7. The van der Waals surface area contributed by atoms with E-state index < -0.39 is 5.41 Å². The summed E-state index contributed by atoms with van der Waals surface area (Å²) in [4.78, 5) is 35.5. The van der Waals surface area contributed by atoms with Gasteiger partial charge in [0.1, 0.15) is 0 Å². The lowest BCUT2D eigenvalue weighted by molar-refractivity contribution is -0.134. The van der Waals surface area contributed by atoms with Crippen LogP contribution >= 0.6 is 11.8 Å². The van der Waals surface area contributed by atoms with Gasteiger partial charge < -0.3 is 0 Å². The fourth-order valence-corrected chi connectivity index (χ4v) is 1.85. The van der Waals surface area contributed by atoms with Crippen LogP contribution in [0.4, 0.5) is 4.79 Å². The molecule has 0 saturated carbocycles. The van der Waals surface area contributed by atoms with E-state index in [0.29, 0.717) is 12.2 Å². The van der Waals surface area contributed by atoms with E-state index in [1.807, 2.05) is 0 Å². The number of amides is 2. The summed E-state index contributed by atoms with van der Waals surface area (Å²) in [7, 11) is 0. The van der Waals surface area contributed by atoms with Crippen LogP contribution in [0.1, 0.15) is 27.2 Å². The minimum Gasteiger partial charge on any atom is -0.297 e. The van der Waals surface area contributed by atoms with Crippen LogP contribution in [0.5, 0.6) is 0 Å². The molecule has 1 aliphatic heterocycles. The van der Waals surface area contributed by atoms with E-state index in [2.05, 4.69) is 0 Å². The van der Waals surface area contributed by atoms with E-state index in [-0.39, 0.29) is 23.5 Å². The number of hydrogen-bond donors (Lipinski definition) is 0. The van der Waals surface area contributed by atoms with Gasteiger partial charge in [-0.05, 0) is 0 Å². The van der Waals surface area contributed by atoms with Crippen LogP contribution in [0.2, 0.25) is 0 Å². The minimum atomic E-state index is -0.511. The Morgan fingerprint density at radius 3 is 2.47 bits per heavy atom. The first kappa shape index (κ1) is 12.2. The predicted molar refractivity (Wildman–Crippen MR) is 58.6 cm³/mol. The molecule has 1 rings (SSSR count). The first-order valence-electron chi connectivity index (χ1n) is 4.83. The molecule has 0 bridgehead atoms. The molecule has 0 aromatic rings. The number of thioether (sulfide) groups is 1. The quantitative estimate of drug-likeness (QED) is 0.723. The van der Waals surface area contributed by atoms with Gasteiger partial charge in [0.25, 0.3) is 5.24 Å². The van der Waals surface area contributed by atoms with E-state index in [1.165, 1.54) is 0 Å². The second kappa shape index (κ2) is 4.35. The van der Waals surface area contributed by atoms with Gasteiger partial charge in [-0.1, -0.05) is 32.5 Å². The molecule has 5 heteroatoms. The lowest BCUT2D eigenvalue weighted by Gasteiger charge is -2.26. The van der Waals surface area contributed by atoms with Crippen LogP contribution in [0, 0.1) is 5.41 Å². The molecule has 84 valence electrons. The fourth-order valence-electron chi connectivity index (χ4n) is 1.07. The molecule has 1 saturated heterocycles. The molecular formula is C10H15NO3S. The number of imide groups is 1. The zero-order chi connectivity index (χ0) is 11.6. The number of nitrogens with zero attached hydrogens (tertiary/aromatic N) is 1. The van der Waals surface area contributed by atoms with Crippen molar-refractivity contribution in [1.29, 1.82) is 0 Å². The molecule has 1 aliphatic rings. The number of rotatable bonds is 2. The minimum absolute atomic E-state index is 0.0891. The SMILES string of the molecule is CC(C)(C)C(=O)CN1C(=O)CCSC1=O. The number of ketones is 1. The largest absolute Gasteiger partial charge is 0.297 e. The Kier molecular flexibility index (Phi) is 3.54. The van der Waals surface area contributed by atoms with Gasteiger partial charge in [-0.3, -0.25) is 19.3 Å². The highest BCUT2D eigenvalue weighted by Gasteiger charge is 2.31. The molecule has 0 atom stereocenters. The van der Waals surface area contributed by atoms with Gasteiger partial charge in [0.05, 0.1) is 6.54 Å². The van der Waals surface area contributed by atoms with Crippen molar-refractivity contribution in [3.05, 3.63) is 0 Å². The van der Waals surface area contributed by atoms with Crippen LogP contribution in [-0.2, 0) is 9.59 Å². The standard InChI is InChI=1S/C10H15NO3S/c1-10(2,3)7(12)6-11-8(13)4-5-15-9(11)14/h4-6H2,1-3H3. The van der Waals surface area contributed by atoms with E-state index in [0.717, 1.165) is 16.7 Å². The molecule has 0 aromatic heterocycles. The van der Waals surface area contributed by atoms with Crippen molar-refractivity contribution in [2.75, 3.05) is 12.3 Å². The zero-order valence-electron chi connectivity index (χ0n) is 9.20. The molecule has 0 spiro atoms. The highest BCUT2D eigenvalue weighted by atomic mass is 32.2. The average Bonchev–Trinajstić information content (AvgIpc) is 2.09. The van der Waals surface area contributed by atoms with Gasteiger partial charge in [-0.2, -0.15) is 0 Å². The summed E-state index contributed by atoms with van der Waals surface area (Å²) in [6.45, 7) is 5.25. The molecule has 0 N–H and O–H groups in total. The molecule has 0 unspecified atom stereocenters. The van der Waals surface area contributed by atoms with Crippen LogP contribution < -0.4 is 0 Å². The van der Waals surface area contributed by atoms with Crippen LogP contribution in [0.15, 0.2) is 0 Å². The van der Waals surface area contributed by atoms with Crippen molar-refractivity contribution in [3.63, 3.8) is 0 Å². The van der Waals surface area contributed by atoms with Gasteiger partial charge >= 0.3 is 0 Å². The lowest BCUT2D eigenvalue weighted by atomic mass is 9.90. The first-order chi connectivity index (χ1) is 6.82. The molecule has 1 heterocycles. The summed E-state index contributed by atoms with van der Waals surface area (Å²) < 4.78 is 0. The second-order valence-electron chi connectivity index (χ2n) is 4.52. The van der Waals surface area contributed by atoms with Crippen LogP contribution in [0.3, 0.4) is 0 Å². The molecule has 0 aromatic carbocycles. The van der Waals surface area contributed by atoms with Gasteiger partial charge in [-0.25, -0.2) is 0 Å². The Balaban J connectivity index is 2.68. The summed E-state index contributed by atoms with van der Waals surface area (Å²) in [5, 5.41) is -0.302. The van der Waals surface area contributed by atoms with Crippen LogP contribution in [0.25, 0.3) is 0 Å². The van der Waals surface area contributed by atoms with Crippen molar-refractivity contribution in [1.82, 2.24) is 4.90 Å². The van der Waals surface area contributed by atoms with E-state index >= 15 is 0 Å². The third-order valence-electron chi connectivity index (χ3n) is 2.20. The Morgan fingerprint density at radius 2 is 2.00 bits per heavy atom. The Morgan fingerprint density at radius 1 is 1.40 bits per heavy atom. The topological polar surface area (TPSA) is 54.5 Å². The smallest absolute Gasteiger partial charge is 0.288 e. The van der Waals surface area contributed by atoms with E-state index in [4.69, 9.17) is 0 Å². The fraction of sp³-hybridized carbons (Fsp3) is 0.700. The van der Waals surface area contributed by atoms with Gasteiger partial charge in [0.15, 0.2) is 5.78 Å². The summed E-state index contributed by atoms with van der Waals surface area (Å²) in [6.07, 6.45) is 0.341. The molecule has 1 fully saturated rings. The normalized spacial score (nSPS) is 18.2. The summed E-state index contributed by atoms with van der Waals surface area (Å²) in [6, 6.07) is 0. The Bertz CT molecular complexity index is 290. The molecule has 0 aliphatic carbocycles. The van der Waals surface area contributed by atoms with E-state index in [1.54, 1.807) is 20.8 Å². The molecule has 0 radical (unpaired) electrons. The highest BCUT2D eigenvalue weighted by Crippen LogP contribution is 2.21. The average molecular weight is 229 g/mol. The molecule has 2 amide bonds. The third kappa shape index (κ3) is 3.06. The van der Waals surface area contributed by atoms with Crippen molar-refractivity contribution >= 4 is 28.7 Å². The summed E-state index contributed by atoms with van der Waals surface area (Å²) in [5.41, 5.74) is -0.511. The monoisotopic (exact) mass is 229 g/mol. The third-order valence-corrected chi connectivity index (χ3v) is 3.08.